The molecule has 0 bridgehead atoms. The molecule has 1 aliphatic carbocycles. The van der Waals surface area contributed by atoms with E-state index in [1.165, 1.54) is 5.56 Å². The first-order valence-electron chi connectivity index (χ1n) is 6.28. The van der Waals surface area contributed by atoms with Crippen molar-refractivity contribution in [2.24, 2.45) is 5.92 Å². The summed E-state index contributed by atoms with van der Waals surface area (Å²) in [4.78, 5) is 16.7. The molecule has 1 aromatic heterocycles. The third-order valence-electron chi connectivity index (χ3n) is 3.52. The number of hydrogen-bond donors (Lipinski definition) is 0. The largest absolute Gasteiger partial charge is 0.294 e. The number of fused-ring (bicyclic) bond motifs is 1. The Kier molecular flexibility index (Phi) is 2.71. The Bertz CT molecular complexity index is 604. The minimum atomic E-state index is 0.0664. The van der Waals surface area contributed by atoms with E-state index < -0.39 is 0 Å². The fourth-order valence-corrected chi connectivity index (χ4v) is 2.65. The van der Waals surface area contributed by atoms with Crippen LogP contribution in [0.4, 0.5) is 0 Å². The molecule has 1 unspecified atom stereocenters. The first-order valence-corrected chi connectivity index (χ1v) is 6.28. The van der Waals surface area contributed by atoms with E-state index in [4.69, 9.17) is 0 Å². The van der Waals surface area contributed by atoms with Crippen molar-refractivity contribution in [1.29, 1.82) is 0 Å². The lowest BCUT2D eigenvalue weighted by molar-refractivity contribution is 0.0935. The van der Waals surface area contributed by atoms with Crippen LogP contribution in [0.2, 0.25) is 0 Å². The molecule has 1 heterocycles. The van der Waals surface area contributed by atoms with Crippen LogP contribution in [0.3, 0.4) is 0 Å². The predicted molar refractivity (Wildman–Crippen MR) is 70.6 cm³/mol. The van der Waals surface area contributed by atoms with Gasteiger partial charge in [-0.15, -0.1) is 0 Å². The van der Waals surface area contributed by atoms with Gasteiger partial charge in [-0.25, -0.2) is 0 Å². The molecule has 0 saturated carbocycles. The molecular weight excluding hydrogens is 222 g/mol. The molecule has 2 nitrogen and oxygen atoms in total. The molecule has 1 aromatic carbocycles. The van der Waals surface area contributed by atoms with Gasteiger partial charge in [0.2, 0.25) is 0 Å². The smallest absolute Gasteiger partial charge is 0.166 e. The van der Waals surface area contributed by atoms with Gasteiger partial charge in [-0.05, 0) is 31.0 Å². The molecule has 0 saturated heterocycles. The highest BCUT2D eigenvalue weighted by molar-refractivity contribution is 6.02. The Hall–Kier alpha value is -1.96. The summed E-state index contributed by atoms with van der Waals surface area (Å²) in [5.74, 6) is 0.339. The van der Waals surface area contributed by atoms with Crippen LogP contribution in [-0.4, -0.2) is 10.8 Å². The molecule has 3 rings (SSSR count). The van der Waals surface area contributed by atoms with Crippen molar-refractivity contribution in [2.45, 2.75) is 19.8 Å². The highest BCUT2D eigenvalue weighted by Crippen LogP contribution is 2.28. The fraction of sp³-hybridized carbons (Fsp3) is 0.250. The fourth-order valence-electron chi connectivity index (χ4n) is 2.65. The number of ketones is 1. The van der Waals surface area contributed by atoms with Gasteiger partial charge >= 0.3 is 0 Å². The normalized spacial score (nSPS) is 17.8. The van der Waals surface area contributed by atoms with Crippen LogP contribution in [0.25, 0.3) is 0 Å². The van der Waals surface area contributed by atoms with E-state index in [0.29, 0.717) is 0 Å². The molecule has 0 fully saturated rings. The van der Waals surface area contributed by atoms with Crippen LogP contribution >= 0.6 is 0 Å². The maximum atomic E-state index is 12.3. The monoisotopic (exact) mass is 237 g/mol. The van der Waals surface area contributed by atoms with Crippen molar-refractivity contribution in [1.82, 2.24) is 4.98 Å². The standard InChI is InChI=1S/C16H15NO/c1-11-5-4-7-14(17-11)10-13-9-12-6-2-3-8-15(12)16(13)18/h2-8,13H,9-10H2,1H3. The number of carbonyl (C=O) groups excluding carboxylic acids is 1. The van der Waals surface area contributed by atoms with Crippen molar-refractivity contribution < 1.29 is 4.79 Å². The van der Waals surface area contributed by atoms with Crippen LogP contribution < -0.4 is 0 Å². The molecule has 0 aliphatic heterocycles. The van der Waals surface area contributed by atoms with E-state index in [9.17, 15) is 4.79 Å². The number of benzene rings is 1. The SMILES string of the molecule is Cc1cccc(CC2Cc3ccccc3C2=O)n1. The van der Waals surface area contributed by atoms with E-state index in [1.54, 1.807) is 0 Å². The quantitative estimate of drug-likeness (QED) is 0.803. The average Bonchev–Trinajstić information content (AvgIpc) is 2.67. The van der Waals surface area contributed by atoms with Gasteiger partial charge in [-0.2, -0.15) is 0 Å². The summed E-state index contributed by atoms with van der Waals surface area (Å²) in [6.45, 7) is 1.98. The topological polar surface area (TPSA) is 30.0 Å². The molecule has 2 aromatic rings. The van der Waals surface area contributed by atoms with Gasteiger partial charge in [0.25, 0.3) is 0 Å². The van der Waals surface area contributed by atoms with Crippen LogP contribution in [0.1, 0.15) is 27.3 Å². The van der Waals surface area contributed by atoms with Gasteiger partial charge in [0, 0.05) is 29.3 Å². The number of Topliss-reactive ketones (excluding diaryl/α,β-unsaturated/α-hetero) is 1. The molecule has 0 radical (unpaired) electrons. The number of pyridine rings is 1. The molecule has 0 amide bonds. The van der Waals surface area contributed by atoms with Gasteiger partial charge in [-0.3, -0.25) is 9.78 Å². The Morgan fingerprint density at radius 2 is 2.00 bits per heavy atom. The summed E-state index contributed by atoms with van der Waals surface area (Å²) in [6.07, 6.45) is 1.60. The Morgan fingerprint density at radius 3 is 2.78 bits per heavy atom. The molecule has 0 spiro atoms. The zero-order valence-electron chi connectivity index (χ0n) is 10.4. The van der Waals surface area contributed by atoms with Crippen LogP contribution in [0, 0.1) is 12.8 Å². The first kappa shape index (κ1) is 11.1. The average molecular weight is 237 g/mol. The number of nitrogens with zero attached hydrogens (tertiary/aromatic N) is 1. The van der Waals surface area contributed by atoms with E-state index >= 15 is 0 Å². The van der Waals surface area contributed by atoms with Crippen molar-refractivity contribution in [3.05, 3.63) is 65.0 Å². The second kappa shape index (κ2) is 4.37. The number of aryl methyl sites for hydroxylation is 1. The van der Waals surface area contributed by atoms with Crippen molar-refractivity contribution in [3.8, 4) is 0 Å². The maximum absolute atomic E-state index is 12.3. The summed E-state index contributed by atoms with van der Waals surface area (Å²) in [5.41, 5.74) is 4.10. The van der Waals surface area contributed by atoms with E-state index in [1.807, 2.05) is 43.3 Å². The summed E-state index contributed by atoms with van der Waals surface area (Å²) >= 11 is 0. The molecular formula is C16H15NO. The third-order valence-corrected chi connectivity index (χ3v) is 3.52. The van der Waals surface area contributed by atoms with Gasteiger partial charge in [-0.1, -0.05) is 30.3 Å². The lowest BCUT2D eigenvalue weighted by atomic mass is 9.98. The Balaban J connectivity index is 1.83. The minimum Gasteiger partial charge on any atom is -0.294 e. The molecule has 2 heteroatoms. The second-order valence-electron chi connectivity index (χ2n) is 4.90. The molecule has 0 N–H and O–H groups in total. The summed E-state index contributed by atoms with van der Waals surface area (Å²) in [7, 11) is 0. The first-order chi connectivity index (χ1) is 8.74. The van der Waals surface area contributed by atoms with Gasteiger partial charge < -0.3 is 0 Å². The zero-order valence-corrected chi connectivity index (χ0v) is 10.4. The van der Waals surface area contributed by atoms with E-state index in [0.717, 1.165) is 29.8 Å². The second-order valence-corrected chi connectivity index (χ2v) is 4.90. The number of hydrogen-bond acceptors (Lipinski definition) is 2. The van der Waals surface area contributed by atoms with Crippen LogP contribution in [-0.2, 0) is 12.8 Å². The van der Waals surface area contributed by atoms with Crippen LogP contribution in [0.5, 0.6) is 0 Å². The van der Waals surface area contributed by atoms with Gasteiger partial charge in [0.1, 0.15) is 0 Å². The van der Waals surface area contributed by atoms with Gasteiger partial charge in [0.05, 0.1) is 0 Å². The zero-order chi connectivity index (χ0) is 12.5. The van der Waals surface area contributed by atoms with E-state index in [-0.39, 0.29) is 11.7 Å². The lowest BCUT2D eigenvalue weighted by Gasteiger charge is -2.07. The third kappa shape index (κ3) is 1.94. The molecule has 18 heavy (non-hydrogen) atoms. The number of carbonyl (C=O) groups is 1. The summed E-state index contributed by atoms with van der Waals surface area (Å²) in [6, 6.07) is 13.9. The number of aromatic nitrogens is 1. The van der Waals surface area contributed by atoms with Crippen molar-refractivity contribution in [3.63, 3.8) is 0 Å². The molecule has 1 atom stereocenters. The Labute approximate surface area is 107 Å². The molecule has 1 aliphatic rings. The minimum absolute atomic E-state index is 0.0664. The summed E-state index contributed by atoms with van der Waals surface area (Å²) < 4.78 is 0. The van der Waals surface area contributed by atoms with Crippen LogP contribution in [0.15, 0.2) is 42.5 Å². The highest BCUT2D eigenvalue weighted by Gasteiger charge is 2.30. The van der Waals surface area contributed by atoms with Gasteiger partial charge in [0.15, 0.2) is 5.78 Å². The highest BCUT2D eigenvalue weighted by atomic mass is 16.1. The van der Waals surface area contributed by atoms with Crippen molar-refractivity contribution in [2.75, 3.05) is 0 Å². The summed E-state index contributed by atoms with van der Waals surface area (Å²) in [5, 5.41) is 0. The predicted octanol–water partition coefficient (Wildman–Crippen LogP) is 2.99. The molecule has 90 valence electrons. The maximum Gasteiger partial charge on any atom is 0.166 e. The lowest BCUT2D eigenvalue weighted by Crippen LogP contribution is -2.13. The van der Waals surface area contributed by atoms with Crippen molar-refractivity contribution >= 4 is 5.78 Å². The Morgan fingerprint density at radius 1 is 1.17 bits per heavy atom. The van der Waals surface area contributed by atoms with E-state index in [2.05, 4.69) is 11.1 Å². The number of rotatable bonds is 2.